The normalized spacial score (nSPS) is 19.1. The van der Waals surface area contributed by atoms with E-state index in [0.29, 0.717) is 24.7 Å². The van der Waals surface area contributed by atoms with Crippen LogP contribution >= 0.6 is 0 Å². The van der Waals surface area contributed by atoms with E-state index < -0.39 is 0 Å². The summed E-state index contributed by atoms with van der Waals surface area (Å²) in [5, 5.41) is 7.93. The van der Waals surface area contributed by atoms with Crippen LogP contribution in [-0.2, 0) is 24.2 Å². The summed E-state index contributed by atoms with van der Waals surface area (Å²) < 4.78 is 2.17. The van der Waals surface area contributed by atoms with E-state index in [2.05, 4.69) is 39.8 Å². The van der Waals surface area contributed by atoms with Gasteiger partial charge in [0.25, 0.3) is 5.91 Å². The molecule has 8 heteroatoms. The molecule has 4 heterocycles. The predicted octanol–water partition coefficient (Wildman–Crippen LogP) is 3.82. The molecule has 2 aromatic heterocycles. The molecule has 0 bridgehead atoms. The molecule has 0 unspecified atom stereocenters. The number of rotatable bonds is 6. The second-order valence-corrected chi connectivity index (χ2v) is 11.3. The number of amides is 2. The lowest BCUT2D eigenvalue weighted by atomic mass is 9.92. The highest BCUT2D eigenvalue weighted by atomic mass is 16.2. The smallest absolute Gasteiger partial charge is 0.274 e. The summed E-state index contributed by atoms with van der Waals surface area (Å²) in [7, 11) is 0. The molecule has 3 aliphatic rings. The molecule has 0 atom stereocenters. The Bertz CT molecular complexity index is 1130. The minimum Gasteiger partial charge on any atom is -0.370 e. The molecule has 0 spiro atoms. The molecular weight excluding hydrogens is 464 g/mol. The monoisotopic (exact) mass is 506 g/mol. The average Bonchev–Trinajstić information content (AvgIpc) is 3.28. The minimum absolute atomic E-state index is 0.00511. The lowest BCUT2D eigenvalue weighted by molar-refractivity contribution is -0.119. The van der Waals surface area contributed by atoms with E-state index in [1.807, 2.05) is 11.1 Å². The Balaban J connectivity index is 1.19. The summed E-state index contributed by atoms with van der Waals surface area (Å²) in [6.07, 6.45) is 11.4. The molecular formula is C29H42N6O2. The lowest BCUT2D eigenvalue weighted by Crippen LogP contribution is -2.46. The van der Waals surface area contributed by atoms with Crippen molar-refractivity contribution >= 4 is 17.5 Å². The van der Waals surface area contributed by atoms with Crippen molar-refractivity contribution in [2.75, 3.05) is 31.1 Å². The summed E-state index contributed by atoms with van der Waals surface area (Å²) >= 11 is 0. The third kappa shape index (κ3) is 5.83. The topological polar surface area (TPSA) is 83.4 Å². The number of pyridine rings is 1. The molecule has 5 rings (SSSR count). The second kappa shape index (κ2) is 11.2. The summed E-state index contributed by atoms with van der Waals surface area (Å²) in [6.45, 7) is 10.2. The first-order valence-corrected chi connectivity index (χ1v) is 14.2. The highest BCUT2D eigenvalue weighted by Crippen LogP contribution is 2.29. The van der Waals surface area contributed by atoms with E-state index in [1.54, 1.807) is 6.92 Å². The number of aromatic nitrogens is 3. The first-order valence-electron chi connectivity index (χ1n) is 14.2. The zero-order valence-electron chi connectivity index (χ0n) is 22.8. The van der Waals surface area contributed by atoms with Crippen molar-refractivity contribution in [3.63, 3.8) is 0 Å². The summed E-state index contributed by atoms with van der Waals surface area (Å²) in [5.74, 6) is 0.769. The van der Waals surface area contributed by atoms with Gasteiger partial charge in [0.05, 0.1) is 11.9 Å². The molecule has 2 aromatic rings. The van der Waals surface area contributed by atoms with Gasteiger partial charge in [0.1, 0.15) is 0 Å². The SMILES string of the molecule is CC(=O)NC1CCN(C(=O)c2nn(CCC3CCN(c4cnc(C)c(C)c4)CC3)c3c2CCCC3)CC1. The van der Waals surface area contributed by atoms with Crippen molar-refractivity contribution in [1.82, 2.24) is 25.0 Å². The Morgan fingerprint density at radius 1 is 1.03 bits per heavy atom. The number of carbonyl (C=O) groups is 2. The van der Waals surface area contributed by atoms with Gasteiger partial charge in [-0.1, -0.05) is 0 Å². The maximum Gasteiger partial charge on any atom is 0.274 e. The Kier molecular flexibility index (Phi) is 7.81. The quantitative estimate of drug-likeness (QED) is 0.644. The Labute approximate surface area is 220 Å². The van der Waals surface area contributed by atoms with Gasteiger partial charge >= 0.3 is 0 Å². The van der Waals surface area contributed by atoms with E-state index in [4.69, 9.17) is 5.10 Å². The Morgan fingerprint density at radius 2 is 1.76 bits per heavy atom. The van der Waals surface area contributed by atoms with Crippen molar-refractivity contribution in [2.24, 2.45) is 5.92 Å². The number of carbonyl (C=O) groups excluding carboxylic acids is 2. The van der Waals surface area contributed by atoms with Crippen LogP contribution < -0.4 is 10.2 Å². The maximum atomic E-state index is 13.5. The average molecular weight is 507 g/mol. The largest absolute Gasteiger partial charge is 0.370 e. The van der Waals surface area contributed by atoms with Crippen LogP contribution in [0.5, 0.6) is 0 Å². The zero-order valence-corrected chi connectivity index (χ0v) is 22.8. The van der Waals surface area contributed by atoms with Crippen LogP contribution in [0, 0.1) is 19.8 Å². The number of hydrogen-bond acceptors (Lipinski definition) is 5. The molecule has 2 aliphatic heterocycles. The number of nitrogens with one attached hydrogen (secondary N) is 1. The Hall–Kier alpha value is -2.90. The number of nitrogens with zero attached hydrogens (tertiary/aromatic N) is 5. The third-order valence-corrected chi connectivity index (χ3v) is 8.70. The van der Waals surface area contributed by atoms with Crippen molar-refractivity contribution in [3.8, 4) is 0 Å². The van der Waals surface area contributed by atoms with E-state index in [0.717, 1.165) is 63.9 Å². The first kappa shape index (κ1) is 25.7. The van der Waals surface area contributed by atoms with Gasteiger partial charge in [0, 0.05) is 62.6 Å². The van der Waals surface area contributed by atoms with Gasteiger partial charge in [-0.05, 0) is 89.2 Å². The van der Waals surface area contributed by atoms with Gasteiger partial charge < -0.3 is 15.1 Å². The van der Waals surface area contributed by atoms with E-state index in [-0.39, 0.29) is 17.9 Å². The van der Waals surface area contributed by atoms with Crippen molar-refractivity contribution < 1.29 is 9.59 Å². The van der Waals surface area contributed by atoms with Crippen LogP contribution in [0.15, 0.2) is 12.3 Å². The van der Waals surface area contributed by atoms with Gasteiger partial charge in [-0.25, -0.2) is 0 Å². The van der Waals surface area contributed by atoms with Crippen LogP contribution in [0.2, 0.25) is 0 Å². The van der Waals surface area contributed by atoms with Gasteiger partial charge in [-0.15, -0.1) is 0 Å². The molecule has 1 N–H and O–H groups in total. The molecule has 200 valence electrons. The summed E-state index contributed by atoms with van der Waals surface area (Å²) in [6, 6.07) is 2.44. The number of hydrogen-bond donors (Lipinski definition) is 1. The molecule has 8 nitrogen and oxygen atoms in total. The van der Waals surface area contributed by atoms with E-state index >= 15 is 0 Å². The number of likely N-dealkylation sites (tertiary alicyclic amines) is 1. The molecule has 0 aromatic carbocycles. The summed E-state index contributed by atoms with van der Waals surface area (Å²) in [4.78, 5) is 33.8. The van der Waals surface area contributed by atoms with Crippen molar-refractivity contribution in [1.29, 1.82) is 0 Å². The molecule has 37 heavy (non-hydrogen) atoms. The zero-order chi connectivity index (χ0) is 25.9. The number of aryl methyl sites for hydroxylation is 3. The standard InChI is InChI=1S/C29H42N6O2/c1-20-18-25(19-30-21(20)2)33-13-8-23(9-14-33)10-17-35-27-7-5-4-6-26(27)28(32-35)29(37)34-15-11-24(12-16-34)31-22(3)36/h18-19,23-24H,4-17H2,1-3H3,(H,31,36). The number of fused-ring (bicyclic) bond motifs is 1. The second-order valence-electron chi connectivity index (χ2n) is 11.3. The highest BCUT2D eigenvalue weighted by Gasteiger charge is 2.31. The van der Waals surface area contributed by atoms with E-state index in [1.165, 1.54) is 41.8 Å². The van der Waals surface area contributed by atoms with E-state index in [9.17, 15) is 9.59 Å². The predicted molar refractivity (Wildman–Crippen MR) is 145 cm³/mol. The van der Waals surface area contributed by atoms with Gasteiger partial charge in [-0.2, -0.15) is 5.10 Å². The molecule has 0 radical (unpaired) electrons. The van der Waals surface area contributed by atoms with Gasteiger partial charge in [0.2, 0.25) is 5.91 Å². The van der Waals surface area contributed by atoms with Gasteiger partial charge in [-0.3, -0.25) is 19.3 Å². The van der Waals surface area contributed by atoms with Crippen molar-refractivity contribution in [3.05, 3.63) is 40.5 Å². The summed E-state index contributed by atoms with van der Waals surface area (Å²) in [5.41, 5.74) is 6.77. The van der Waals surface area contributed by atoms with Crippen LogP contribution in [0.4, 0.5) is 5.69 Å². The molecule has 2 amide bonds. The molecule has 2 fully saturated rings. The van der Waals surface area contributed by atoms with Gasteiger partial charge in [0.15, 0.2) is 5.69 Å². The fraction of sp³-hybridized carbons (Fsp3) is 0.655. The molecule has 0 saturated carbocycles. The lowest BCUT2D eigenvalue weighted by Gasteiger charge is -2.33. The number of piperidine rings is 2. The molecule has 1 aliphatic carbocycles. The first-order chi connectivity index (χ1) is 17.9. The van der Waals surface area contributed by atoms with Crippen LogP contribution in [-0.4, -0.2) is 63.7 Å². The minimum atomic E-state index is 0.00511. The fourth-order valence-corrected chi connectivity index (χ4v) is 6.28. The number of anilines is 1. The highest BCUT2D eigenvalue weighted by molar-refractivity contribution is 5.94. The van der Waals surface area contributed by atoms with Crippen LogP contribution in [0.25, 0.3) is 0 Å². The maximum absolute atomic E-state index is 13.5. The third-order valence-electron chi connectivity index (χ3n) is 8.70. The van der Waals surface area contributed by atoms with Crippen molar-refractivity contribution in [2.45, 2.75) is 91.1 Å². The Morgan fingerprint density at radius 3 is 2.46 bits per heavy atom. The fourth-order valence-electron chi connectivity index (χ4n) is 6.28. The van der Waals surface area contributed by atoms with Crippen LogP contribution in [0.3, 0.4) is 0 Å². The molecule has 2 saturated heterocycles. The van der Waals surface area contributed by atoms with Crippen LogP contribution in [0.1, 0.15) is 84.9 Å².